The van der Waals surface area contributed by atoms with E-state index in [1.54, 1.807) is 21.0 Å². The van der Waals surface area contributed by atoms with E-state index in [0.29, 0.717) is 31.1 Å². The van der Waals surface area contributed by atoms with Crippen LogP contribution < -0.4 is 10.6 Å². The van der Waals surface area contributed by atoms with Crippen molar-refractivity contribution in [3.05, 3.63) is 11.5 Å². The van der Waals surface area contributed by atoms with Crippen molar-refractivity contribution in [2.45, 2.75) is 45.7 Å². The van der Waals surface area contributed by atoms with Crippen LogP contribution in [-0.2, 0) is 41.6 Å². The van der Waals surface area contributed by atoms with Gasteiger partial charge in [0.15, 0.2) is 11.5 Å². The lowest BCUT2D eigenvalue weighted by molar-refractivity contribution is -0.141. The molecule has 1 aliphatic heterocycles. The molecule has 0 saturated heterocycles. The number of rotatable bonds is 11. The van der Waals surface area contributed by atoms with Gasteiger partial charge in [-0.1, -0.05) is 13.8 Å². The van der Waals surface area contributed by atoms with Gasteiger partial charge < -0.3 is 29.4 Å². The molecule has 0 saturated carbocycles. The average Bonchev–Trinajstić information content (AvgIpc) is 3.22. The highest BCUT2D eigenvalue weighted by molar-refractivity contribution is 6.37. The first-order valence-corrected chi connectivity index (χ1v) is 10.5. The van der Waals surface area contributed by atoms with Crippen LogP contribution in [-0.4, -0.2) is 73.5 Å². The van der Waals surface area contributed by atoms with Crippen molar-refractivity contribution in [1.29, 1.82) is 0 Å². The second kappa shape index (κ2) is 12.9. The number of methoxy groups -OCH3 is 1. The van der Waals surface area contributed by atoms with Crippen molar-refractivity contribution < 1.29 is 37.9 Å². The number of amides is 2. The molecule has 2 rings (SSSR count). The zero-order valence-corrected chi connectivity index (χ0v) is 18.5. The van der Waals surface area contributed by atoms with E-state index in [1.165, 1.54) is 0 Å². The Labute approximate surface area is 185 Å². The Bertz CT molecular complexity index is 794. The van der Waals surface area contributed by atoms with Crippen molar-refractivity contribution in [3.8, 4) is 0 Å². The Morgan fingerprint density at radius 3 is 2.69 bits per heavy atom. The molecule has 0 fully saturated rings. The number of carbonyl (C=O) groups excluding carboxylic acids is 4. The number of Topliss-reactive ketones (excluding diaryl/α,β-unsaturated/α-hetero) is 2. The van der Waals surface area contributed by atoms with Crippen LogP contribution in [0.25, 0.3) is 0 Å². The van der Waals surface area contributed by atoms with Crippen molar-refractivity contribution in [1.82, 2.24) is 21.0 Å². The summed E-state index contributed by atoms with van der Waals surface area (Å²) in [6.45, 7) is 4.56. The number of ether oxygens (including phenoxy) is 3. The molecule has 2 atom stereocenters. The molecule has 0 radical (unpaired) electrons. The monoisotopic (exact) mass is 454 g/mol. The fraction of sp³-hybridized carbons (Fsp3) is 0.700. The molecule has 178 valence electrons. The first kappa shape index (κ1) is 25.4. The summed E-state index contributed by atoms with van der Waals surface area (Å²) in [5.41, 5.74) is 0.535. The lowest BCUT2D eigenvalue weighted by Gasteiger charge is -2.23. The van der Waals surface area contributed by atoms with Gasteiger partial charge >= 0.3 is 6.09 Å². The van der Waals surface area contributed by atoms with Gasteiger partial charge in [-0.15, -0.1) is 5.10 Å². The summed E-state index contributed by atoms with van der Waals surface area (Å²) in [5.74, 6) is -2.56. The van der Waals surface area contributed by atoms with Crippen molar-refractivity contribution in [2.24, 2.45) is 11.8 Å². The van der Waals surface area contributed by atoms with E-state index >= 15 is 0 Å². The number of aryl methyl sites for hydroxylation is 1. The first-order chi connectivity index (χ1) is 15.3. The maximum atomic E-state index is 12.9. The summed E-state index contributed by atoms with van der Waals surface area (Å²) in [6.07, 6.45) is -0.393. The van der Waals surface area contributed by atoms with Gasteiger partial charge in [0.1, 0.15) is 12.3 Å². The number of ketones is 2. The molecule has 1 aliphatic rings. The quantitative estimate of drug-likeness (QED) is 0.349. The van der Waals surface area contributed by atoms with Gasteiger partial charge in [-0.05, 0) is 18.8 Å². The molecule has 2 amide bonds. The number of fused-ring (bicyclic) bond motifs is 1. The molecule has 1 aromatic heterocycles. The molecular weight excluding hydrogens is 424 g/mol. The molecule has 0 aromatic carbocycles. The zero-order valence-electron chi connectivity index (χ0n) is 18.5. The largest absolute Gasteiger partial charge is 0.447 e. The fourth-order valence-corrected chi connectivity index (χ4v) is 3.22. The molecule has 0 bridgehead atoms. The number of hydrogen-bond acceptors (Lipinski definition) is 10. The summed E-state index contributed by atoms with van der Waals surface area (Å²) >= 11 is 0. The van der Waals surface area contributed by atoms with Crippen LogP contribution in [0.2, 0.25) is 0 Å². The number of aromatic nitrogens is 2. The van der Waals surface area contributed by atoms with E-state index < -0.39 is 29.7 Å². The highest BCUT2D eigenvalue weighted by atomic mass is 16.6. The maximum absolute atomic E-state index is 12.9. The van der Waals surface area contributed by atoms with Gasteiger partial charge in [-0.3, -0.25) is 14.4 Å². The number of alkyl carbamates (subject to hydrolysis) is 1. The highest BCUT2D eigenvalue weighted by Gasteiger charge is 2.33. The zero-order chi connectivity index (χ0) is 23.5. The number of nitrogens with one attached hydrogen (secondary N) is 2. The lowest BCUT2D eigenvalue weighted by atomic mass is 9.87. The average molecular weight is 454 g/mol. The third kappa shape index (κ3) is 7.68. The van der Waals surface area contributed by atoms with E-state index in [4.69, 9.17) is 18.7 Å². The smallest absolute Gasteiger partial charge is 0.407 e. The maximum Gasteiger partial charge on any atom is 0.407 e. The van der Waals surface area contributed by atoms with E-state index in [1.807, 2.05) is 0 Å². The molecule has 2 heterocycles. The summed E-state index contributed by atoms with van der Waals surface area (Å²) in [4.78, 5) is 49.8. The normalized spacial score (nSPS) is 17.6. The molecule has 1 aromatic rings. The van der Waals surface area contributed by atoms with Crippen LogP contribution in [0.1, 0.15) is 38.1 Å². The molecule has 32 heavy (non-hydrogen) atoms. The van der Waals surface area contributed by atoms with Gasteiger partial charge in [0.2, 0.25) is 5.78 Å². The third-order valence-electron chi connectivity index (χ3n) is 5.00. The third-order valence-corrected chi connectivity index (χ3v) is 5.00. The lowest BCUT2D eigenvalue weighted by Crippen LogP contribution is -2.46. The summed E-state index contributed by atoms with van der Waals surface area (Å²) in [6, 6.07) is -0.871. The topological polar surface area (TPSA) is 159 Å². The van der Waals surface area contributed by atoms with Gasteiger partial charge in [0, 0.05) is 24.7 Å². The van der Waals surface area contributed by atoms with E-state index in [9.17, 15) is 19.2 Å². The molecule has 0 aliphatic carbocycles. The van der Waals surface area contributed by atoms with Gasteiger partial charge in [-0.2, -0.15) is 0 Å². The van der Waals surface area contributed by atoms with Crippen LogP contribution in [0.5, 0.6) is 0 Å². The molecule has 0 spiro atoms. The van der Waals surface area contributed by atoms with Gasteiger partial charge in [0.05, 0.1) is 32.4 Å². The fourth-order valence-electron chi connectivity index (χ4n) is 3.22. The molecule has 2 N–H and O–H groups in total. The molecule has 12 heteroatoms. The van der Waals surface area contributed by atoms with Crippen LogP contribution in [0.4, 0.5) is 4.79 Å². The Hall–Kier alpha value is -2.86. The summed E-state index contributed by atoms with van der Waals surface area (Å²) < 4.78 is 20.1. The Kier molecular flexibility index (Phi) is 10.2. The predicted octanol–water partition coefficient (Wildman–Crippen LogP) is 0.190. The standard InChI is InChI=1S/C20H30N4O8/c1-12(2)17(22-20(28)31-9-8-30-7-6-29-3)15(25)10-13-4-5-14-16(32-24-23-14)11-21-19(27)18(13)26/h12-13,17H,4-11H2,1-3H3,(H,21,27)(H,22,28). The Morgan fingerprint density at radius 2 is 1.97 bits per heavy atom. The Balaban J connectivity index is 1.93. The van der Waals surface area contributed by atoms with Crippen molar-refractivity contribution >= 4 is 23.6 Å². The van der Waals surface area contributed by atoms with Crippen LogP contribution >= 0.6 is 0 Å². The minimum absolute atomic E-state index is 0.00473. The summed E-state index contributed by atoms with van der Waals surface area (Å²) in [5, 5.41) is 12.3. The minimum atomic E-state index is -0.871. The molecular formula is C20H30N4O8. The predicted molar refractivity (Wildman–Crippen MR) is 108 cm³/mol. The number of carbonyl (C=O) groups is 4. The second-order valence-electron chi connectivity index (χ2n) is 7.70. The van der Waals surface area contributed by atoms with Crippen LogP contribution in [0.3, 0.4) is 0 Å². The number of hydrogen-bond donors (Lipinski definition) is 2. The highest BCUT2D eigenvalue weighted by Crippen LogP contribution is 2.20. The van der Waals surface area contributed by atoms with Crippen LogP contribution in [0, 0.1) is 11.8 Å². The SMILES string of the molecule is COCCOCCOC(=O)NC(C(=O)CC1CCc2nnoc2CNC(=O)C1=O)C(C)C. The molecule has 2 unspecified atom stereocenters. The first-order valence-electron chi connectivity index (χ1n) is 10.5. The van der Waals surface area contributed by atoms with E-state index in [0.717, 1.165) is 0 Å². The van der Waals surface area contributed by atoms with E-state index in [2.05, 4.69) is 21.0 Å². The Morgan fingerprint density at radius 1 is 1.22 bits per heavy atom. The van der Waals surface area contributed by atoms with Crippen molar-refractivity contribution in [2.75, 3.05) is 33.5 Å². The minimum Gasteiger partial charge on any atom is -0.447 e. The van der Waals surface area contributed by atoms with E-state index in [-0.39, 0.29) is 44.3 Å². The number of nitrogens with zero attached hydrogens (tertiary/aromatic N) is 2. The second-order valence-corrected chi connectivity index (χ2v) is 7.70. The van der Waals surface area contributed by atoms with Crippen LogP contribution in [0.15, 0.2) is 4.52 Å². The van der Waals surface area contributed by atoms with Gasteiger partial charge in [0.25, 0.3) is 5.91 Å². The van der Waals surface area contributed by atoms with Gasteiger partial charge in [-0.25, -0.2) is 4.79 Å². The van der Waals surface area contributed by atoms with Crippen molar-refractivity contribution in [3.63, 3.8) is 0 Å². The molecule has 12 nitrogen and oxygen atoms in total. The summed E-state index contributed by atoms with van der Waals surface area (Å²) in [7, 11) is 1.55.